The van der Waals surface area contributed by atoms with Gasteiger partial charge in [-0.1, -0.05) is 119 Å². The molecule has 3 saturated heterocycles. The quantitative estimate of drug-likeness (QED) is 0.0672. The molecule has 9 aliphatic rings. The second-order valence-corrected chi connectivity index (χ2v) is 37.0. The van der Waals surface area contributed by atoms with Gasteiger partial charge < -0.3 is 57.5 Å². The highest BCUT2D eigenvalue weighted by atomic mass is 79.9. The van der Waals surface area contributed by atoms with E-state index in [9.17, 15) is 33.9 Å². The summed E-state index contributed by atoms with van der Waals surface area (Å²) in [4.78, 5) is 78.0. The van der Waals surface area contributed by atoms with Crippen LogP contribution >= 0.6 is 85.5 Å². The molecule has 6 heterocycles. The van der Waals surface area contributed by atoms with Crippen molar-refractivity contribution in [1.82, 2.24) is 20.8 Å². The van der Waals surface area contributed by atoms with Crippen LogP contribution in [0.5, 0.6) is 0 Å². The number of hydrogen-bond acceptors (Lipinski definition) is 17. The Labute approximate surface area is 716 Å². The maximum atomic E-state index is 13.5. The number of aromatic carboxylic acids is 1. The van der Waals surface area contributed by atoms with Gasteiger partial charge in [-0.25, -0.2) is 14.4 Å². The molecular formula is C89H89BrCl6N6O15. The number of ether oxygens (including phenoxy) is 5. The van der Waals surface area contributed by atoms with Gasteiger partial charge in [0.05, 0.1) is 103 Å². The van der Waals surface area contributed by atoms with E-state index >= 15 is 0 Å². The van der Waals surface area contributed by atoms with Gasteiger partial charge in [0.2, 0.25) is 17.7 Å². The van der Waals surface area contributed by atoms with Crippen molar-refractivity contribution < 1.29 is 71.1 Å². The number of fused-ring (bicyclic) bond motifs is 6. The molecule has 3 aromatic heterocycles. The van der Waals surface area contributed by atoms with Crippen LogP contribution in [0.4, 0.5) is 11.4 Å². The Balaban J connectivity index is 0.000000128. The zero-order valence-corrected chi connectivity index (χ0v) is 72.1. The molecule has 28 heteroatoms. The SMILES string of the molecule is Cc1cc(C(=O)O)ccc1N1C(=O)[C@@H]2C[C@H]1C[C@H]2OCc1c(-c2c(Cl)cccc2Cl)noc1C1CC1.Cc1cc(C(=O)OC(C)(C)C)ccc1Br.Cc1cc(C(=O)OC(C)(C)C)ccc1N1C(=O)[C@@H]2C[C@H]1C[C@H]2OCc1c(-c2c(Cl)cccc2Cl)noc1C1CC1.O=C1N[C@@H]2C[C@@H](OCc3c(-c4c(Cl)cccc4Cl)noc3C3CC3)[C@H]1C2. The number of hydrogen-bond donors (Lipinski definition) is 2. The maximum Gasteiger partial charge on any atom is 0.338 e. The predicted molar refractivity (Wildman–Crippen MR) is 449 cm³/mol. The summed E-state index contributed by atoms with van der Waals surface area (Å²) in [5.41, 5.74) is 10.9. The number of anilines is 2. The third kappa shape index (κ3) is 18.2. The lowest BCUT2D eigenvalue weighted by molar-refractivity contribution is -0.129. The minimum atomic E-state index is -0.982. The average Bonchev–Trinajstić information content (AvgIpc) is 1.76. The van der Waals surface area contributed by atoms with Gasteiger partial charge in [-0.2, -0.15) is 0 Å². The van der Waals surface area contributed by atoms with E-state index in [2.05, 4.69) is 36.7 Å². The molecule has 6 saturated carbocycles. The lowest BCUT2D eigenvalue weighted by atomic mass is 10.0. The van der Waals surface area contributed by atoms with Crippen LogP contribution in [0.25, 0.3) is 33.8 Å². The molecule has 6 bridgehead atoms. The fourth-order valence-electron chi connectivity index (χ4n) is 16.8. The van der Waals surface area contributed by atoms with Crippen molar-refractivity contribution in [1.29, 1.82) is 0 Å². The first-order valence-corrected chi connectivity index (χ1v) is 42.6. The highest BCUT2D eigenvalue weighted by Gasteiger charge is 2.54. The highest BCUT2D eigenvalue weighted by Crippen LogP contribution is 2.53. The topological polar surface area (TPSA) is 265 Å². The molecule has 0 spiro atoms. The van der Waals surface area contributed by atoms with E-state index in [1.165, 1.54) is 0 Å². The van der Waals surface area contributed by atoms with Gasteiger partial charge in [0, 0.05) is 85.1 Å². The van der Waals surface area contributed by atoms with Gasteiger partial charge in [-0.15, -0.1) is 0 Å². The zero-order valence-electron chi connectivity index (χ0n) is 66.0. The summed E-state index contributed by atoms with van der Waals surface area (Å²) in [6.45, 7) is 17.7. The monoisotopic (exact) mass is 1770 g/mol. The molecule has 9 aromatic rings. The largest absolute Gasteiger partial charge is 0.478 e. The van der Waals surface area contributed by atoms with Crippen molar-refractivity contribution in [2.45, 2.75) is 225 Å². The molecule has 9 atom stereocenters. The Bertz CT molecular complexity index is 5310. The Morgan fingerprint density at radius 3 is 1.13 bits per heavy atom. The third-order valence-electron chi connectivity index (χ3n) is 22.8. The summed E-state index contributed by atoms with van der Waals surface area (Å²) in [7, 11) is 0. The van der Waals surface area contributed by atoms with Gasteiger partial charge in [-0.05, 0) is 247 Å². The van der Waals surface area contributed by atoms with Crippen LogP contribution in [0.2, 0.25) is 30.1 Å². The van der Waals surface area contributed by atoms with Crippen LogP contribution in [0, 0.1) is 38.5 Å². The van der Waals surface area contributed by atoms with E-state index in [1.54, 1.807) is 91.0 Å². The maximum absolute atomic E-state index is 13.5. The molecule has 3 aliphatic heterocycles. The van der Waals surface area contributed by atoms with Gasteiger partial charge in [0.1, 0.15) is 45.6 Å². The molecular weight excluding hydrogens is 1690 g/mol. The standard InChI is InChI=1S/C31H32Cl2N2O5.C27H24Cl2N2O5.C19H18Cl2N2O3.C12H15BrO2/c1-16-12-18(30(37)39-31(2,3)4)10-11-24(16)35-19-13-20(29(35)36)25(14-19)38-15-21-27(34-40-28(21)17-8-9-17)26-22(32)6-5-7-23(26)33;1-13-9-15(27(33)34)7-8-21(13)31-16-10-17(26(31)32)22(11-16)35-12-18-24(30-36-25(18)14-5-6-14)23-19(28)3-2-4-20(23)29;20-13-2-1-3-14(21)16(13)17-12(18(26-23-17)9-4-5-9)8-25-15-7-10-6-11(15)19(24)22-10;1-8-7-9(5-6-10(8)13)11(14)15-12(2,3)4/h5-7,10-12,17,19-20,25H,8-9,13-15H2,1-4H3;2-4,7-9,14,16-17,22H,5-6,10-12H2,1H3,(H,33,34);1-3,9-11,15H,4-8H2,(H,22,24);5-7H,1-4H3/t19-,20+,25+;16-,17+,22+;10-,11+,15+;/m000./s1. The highest BCUT2D eigenvalue weighted by molar-refractivity contribution is 9.10. The smallest absolute Gasteiger partial charge is 0.338 e. The normalized spacial score (nSPS) is 22.2. The second kappa shape index (κ2) is 34.2. The van der Waals surface area contributed by atoms with Gasteiger partial charge >= 0.3 is 17.9 Å². The minimum Gasteiger partial charge on any atom is -0.478 e. The number of amides is 3. The number of carboxylic acids is 1. The fraction of sp³-hybridized carbons (Fsp3) is 0.427. The molecule has 18 rings (SSSR count). The zero-order chi connectivity index (χ0) is 83.0. The van der Waals surface area contributed by atoms with E-state index in [0.29, 0.717) is 112 Å². The Hall–Kier alpha value is -8.13. The fourth-order valence-corrected chi connectivity index (χ4v) is 18.7. The van der Waals surface area contributed by atoms with Crippen molar-refractivity contribution in [2.24, 2.45) is 17.8 Å². The number of nitrogens with one attached hydrogen (secondary N) is 1. The molecule has 614 valence electrons. The number of nitrogens with zero attached hydrogens (tertiary/aromatic N) is 5. The van der Waals surface area contributed by atoms with E-state index in [-0.39, 0.29) is 103 Å². The van der Waals surface area contributed by atoms with Crippen LogP contribution in [0.15, 0.2) is 127 Å². The average molecular weight is 1780 g/mol. The summed E-state index contributed by atoms with van der Waals surface area (Å²) >= 11 is 42.1. The molecule has 9 fully saturated rings. The molecule has 3 amide bonds. The van der Waals surface area contributed by atoms with Crippen LogP contribution in [0.1, 0.15) is 218 Å². The first kappa shape index (κ1) is 83.9. The van der Waals surface area contributed by atoms with Crippen molar-refractivity contribution in [3.8, 4) is 33.8 Å². The molecule has 117 heavy (non-hydrogen) atoms. The van der Waals surface area contributed by atoms with E-state index in [4.69, 9.17) is 107 Å². The number of carbonyl (C=O) groups is 6. The van der Waals surface area contributed by atoms with Gasteiger partial charge in [0.15, 0.2) is 0 Å². The molecule has 6 aliphatic carbocycles. The molecule has 2 N–H and O–H groups in total. The second-order valence-electron chi connectivity index (χ2n) is 33.7. The molecule has 0 unspecified atom stereocenters. The number of carboxylic acid groups (broad SMARTS) is 1. The Kier molecular flexibility index (Phi) is 24.5. The first-order valence-electron chi connectivity index (χ1n) is 39.5. The van der Waals surface area contributed by atoms with Gasteiger partial charge in [-0.3, -0.25) is 14.4 Å². The van der Waals surface area contributed by atoms with Crippen LogP contribution in [-0.4, -0.2) is 104 Å². The van der Waals surface area contributed by atoms with Crippen LogP contribution in [0.3, 0.4) is 0 Å². The van der Waals surface area contributed by atoms with Crippen LogP contribution < -0.4 is 15.1 Å². The van der Waals surface area contributed by atoms with E-state index in [0.717, 1.165) is 131 Å². The van der Waals surface area contributed by atoms with E-state index < -0.39 is 17.2 Å². The number of aryl methyl sites for hydroxylation is 3. The third-order valence-corrected chi connectivity index (χ3v) is 25.6. The van der Waals surface area contributed by atoms with E-state index in [1.807, 2.05) is 90.3 Å². The summed E-state index contributed by atoms with van der Waals surface area (Å²) in [5.74, 6) is 1.55. The minimum absolute atomic E-state index is 0.0181. The summed E-state index contributed by atoms with van der Waals surface area (Å²) < 4.78 is 47.9. The number of rotatable bonds is 20. The first-order chi connectivity index (χ1) is 55.8. The lowest BCUT2D eigenvalue weighted by Gasteiger charge is -2.32. The van der Waals surface area contributed by atoms with Crippen molar-refractivity contribution in [3.63, 3.8) is 0 Å². The van der Waals surface area contributed by atoms with Crippen molar-refractivity contribution in [3.05, 3.63) is 211 Å². The summed E-state index contributed by atoms with van der Waals surface area (Å²) in [5, 5.41) is 28.2. The van der Waals surface area contributed by atoms with Crippen LogP contribution in [-0.2, 0) is 57.9 Å². The molecule has 6 aromatic carbocycles. The molecule has 0 radical (unpaired) electrons. The lowest BCUT2D eigenvalue weighted by Crippen LogP contribution is -2.43. The number of piperidine rings is 3. The van der Waals surface area contributed by atoms with Crippen molar-refractivity contribution in [2.75, 3.05) is 9.80 Å². The molecule has 21 nitrogen and oxygen atoms in total. The Morgan fingerprint density at radius 2 is 0.812 bits per heavy atom. The summed E-state index contributed by atoms with van der Waals surface area (Å²) in [6, 6.07) is 32.1. The number of carbonyl (C=O) groups excluding carboxylic acids is 5. The van der Waals surface area contributed by atoms with Crippen molar-refractivity contribution >= 4 is 133 Å². The number of aromatic nitrogens is 3. The predicted octanol–water partition coefficient (Wildman–Crippen LogP) is 21.8. The Morgan fingerprint density at radius 1 is 0.470 bits per heavy atom. The number of esters is 2. The number of halogens is 7. The van der Waals surface area contributed by atoms with Gasteiger partial charge in [0.25, 0.3) is 0 Å². The summed E-state index contributed by atoms with van der Waals surface area (Å²) in [6.07, 6.45) is 10.5. The number of benzene rings is 6.